The third kappa shape index (κ3) is 2.45. The number of aromatic amines is 1. The van der Waals surface area contributed by atoms with Gasteiger partial charge in [0.15, 0.2) is 0 Å². The predicted octanol–water partition coefficient (Wildman–Crippen LogP) is 1.41. The van der Waals surface area contributed by atoms with Crippen LogP contribution in [-0.4, -0.2) is 16.1 Å². The van der Waals surface area contributed by atoms with E-state index in [2.05, 4.69) is 27.6 Å². The van der Waals surface area contributed by atoms with Gasteiger partial charge in [0.25, 0.3) is 0 Å². The summed E-state index contributed by atoms with van der Waals surface area (Å²) in [4.78, 5) is 12.0. The minimum atomic E-state index is 0.0921. The van der Waals surface area contributed by atoms with Crippen LogP contribution in [0.4, 0.5) is 5.82 Å². The Labute approximate surface area is 111 Å². The number of carbonyl (C=O) groups is 1. The lowest BCUT2D eigenvalue weighted by molar-refractivity contribution is -0.122. The number of hydrogen-bond acceptors (Lipinski definition) is 3. The number of amides is 1. The minimum Gasteiger partial charge on any atom is -0.384 e. The molecule has 1 aromatic carbocycles. The fraction of sp³-hybridized carbons (Fsp3) is 0.286. The molecule has 1 saturated carbocycles. The van der Waals surface area contributed by atoms with Gasteiger partial charge in [-0.05, 0) is 17.9 Å². The number of rotatable bonds is 4. The summed E-state index contributed by atoms with van der Waals surface area (Å²) in [5.74, 6) is 1.06. The van der Waals surface area contributed by atoms with Gasteiger partial charge in [-0.25, -0.2) is 0 Å². The van der Waals surface area contributed by atoms with E-state index in [0.29, 0.717) is 18.3 Å². The number of carbonyl (C=O) groups excluding carboxylic acids is 1. The highest BCUT2D eigenvalue weighted by atomic mass is 16.2. The van der Waals surface area contributed by atoms with E-state index in [9.17, 15) is 4.79 Å². The molecule has 1 aliphatic rings. The Kier molecular flexibility index (Phi) is 2.95. The third-order valence-corrected chi connectivity index (χ3v) is 3.56. The smallest absolute Gasteiger partial charge is 0.224 e. The SMILES string of the molecule is Nc1[nH]ncc1CNC(=O)C1CC1c1ccccc1. The summed E-state index contributed by atoms with van der Waals surface area (Å²) >= 11 is 0. The normalized spacial score (nSPS) is 21.1. The van der Waals surface area contributed by atoms with Crippen LogP contribution in [0, 0.1) is 5.92 Å². The molecule has 0 saturated heterocycles. The number of nitrogens with two attached hydrogens (primary N) is 1. The molecule has 0 spiro atoms. The second-order valence-electron chi connectivity index (χ2n) is 4.89. The van der Waals surface area contributed by atoms with E-state index in [1.54, 1.807) is 6.20 Å². The zero-order valence-corrected chi connectivity index (χ0v) is 10.5. The van der Waals surface area contributed by atoms with E-state index >= 15 is 0 Å². The van der Waals surface area contributed by atoms with Crippen LogP contribution in [0.25, 0.3) is 0 Å². The molecule has 4 N–H and O–H groups in total. The number of hydrogen-bond donors (Lipinski definition) is 3. The number of anilines is 1. The quantitative estimate of drug-likeness (QED) is 0.773. The van der Waals surface area contributed by atoms with Crippen LogP contribution in [0.15, 0.2) is 36.5 Å². The van der Waals surface area contributed by atoms with Gasteiger partial charge in [0.1, 0.15) is 5.82 Å². The van der Waals surface area contributed by atoms with Crippen molar-refractivity contribution in [2.75, 3.05) is 5.73 Å². The molecule has 2 unspecified atom stereocenters. The molecule has 5 heteroatoms. The molecule has 1 heterocycles. The average molecular weight is 256 g/mol. The van der Waals surface area contributed by atoms with Gasteiger partial charge < -0.3 is 11.1 Å². The number of nitrogen functional groups attached to an aromatic ring is 1. The highest BCUT2D eigenvalue weighted by molar-refractivity contribution is 5.82. The average Bonchev–Trinajstić information content (AvgIpc) is 3.14. The van der Waals surface area contributed by atoms with Crippen molar-refractivity contribution in [1.29, 1.82) is 0 Å². The standard InChI is InChI=1S/C14H16N4O/c15-13-10(8-17-18-13)7-16-14(19)12-6-11(12)9-4-2-1-3-5-9/h1-5,8,11-12H,6-7H2,(H,16,19)(H3,15,17,18). The number of aromatic nitrogens is 2. The number of H-pyrrole nitrogens is 1. The Balaban J connectivity index is 1.55. The molecule has 1 fully saturated rings. The zero-order valence-electron chi connectivity index (χ0n) is 10.5. The highest BCUT2D eigenvalue weighted by Crippen LogP contribution is 2.47. The minimum absolute atomic E-state index is 0.0921. The molecule has 2 atom stereocenters. The molecule has 19 heavy (non-hydrogen) atoms. The summed E-state index contributed by atoms with van der Waals surface area (Å²) in [6.45, 7) is 0.430. The third-order valence-electron chi connectivity index (χ3n) is 3.56. The van der Waals surface area contributed by atoms with Crippen molar-refractivity contribution in [2.24, 2.45) is 5.92 Å². The first-order chi connectivity index (χ1) is 9.25. The zero-order chi connectivity index (χ0) is 13.2. The van der Waals surface area contributed by atoms with Gasteiger partial charge in [-0.1, -0.05) is 30.3 Å². The topological polar surface area (TPSA) is 83.8 Å². The summed E-state index contributed by atoms with van der Waals surface area (Å²) < 4.78 is 0. The molecule has 1 amide bonds. The predicted molar refractivity (Wildman–Crippen MR) is 72.1 cm³/mol. The Morgan fingerprint density at radius 2 is 2.21 bits per heavy atom. The number of nitrogens with zero attached hydrogens (tertiary/aromatic N) is 1. The monoisotopic (exact) mass is 256 g/mol. The maximum Gasteiger partial charge on any atom is 0.224 e. The van der Waals surface area contributed by atoms with Gasteiger partial charge in [0.2, 0.25) is 5.91 Å². The van der Waals surface area contributed by atoms with Crippen LogP contribution in [0.5, 0.6) is 0 Å². The lowest BCUT2D eigenvalue weighted by Gasteiger charge is -2.04. The largest absolute Gasteiger partial charge is 0.384 e. The van der Waals surface area contributed by atoms with Crippen molar-refractivity contribution in [3.63, 3.8) is 0 Å². The first-order valence-corrected chi connectivity index (χ1v) is 6.36. The second kappa shape index (κ2) is 4.76. The van der Waals surface area contributed by atoms with E-state index in [-0.39, 0.29) is 11.8 Å². The van der Waals surface area contributed by atoms with Gasteiger partial charge in [-0.15, -0.1) is 0 Å². The van der Waals surface area contributed by atoms with Crippen LogP contribution in [-0.2, 0) is 11.3 Å². The van der Waals surface area contributed by atoms with E-state index in [1.807, 2.05) is 18.2 Å². The first-order valence-electron chi connectivity index (χ1n) is 6.36. The fourth-order valence-corrected chi connectivity index (χ4v) is 2.33. The maximum absolute atomic E-state index is 12.0. The molecule has 3 rings (SSSR count). The van der Waals surface area contributed by atoms with Gasteiger partial charge >= 0.3 is 0 Å². The molecular formula is C14H16N4O. The van der Waals surface area contributed by atoms with Crippen molar-refractivity contribution < 1.29 is 4.79 Å². The fourth-order valence-electron chi connectivity index (χ4n) is 2.33. The van der Waals surface area contributed by atoms with Gasteiger partial charge in [0, 0.05) is 18.0 Å². The first kappa shape index (κ1) is 11.8. The molecule has 0 aliphatic heterocycles. The molecule has 0 bridgehead atoms. The van der Waals surface area contributed by atoms with Crippen molar-refractivity contribution >= 4 is 11.7 Å². The lowest BCUT2D eigenvalue weighted by atomic mass is 10.1. The summed E-state index contributed by atoms with van der Waals surface area (Å²) in [6.07, 6.45) is 2.56. The summed E-state index contributed by atoms with van der Waals surface area (Å²) in [6, 6.07) is 10.2. The number of benzene rings is 1. The Bertz CT molecular complexity index is 578. The van der Waals surface area contributed by atoms with Gasteiger partial charge in [0.05, 0.1) is 6.20 Å². The maximum atomic E-state index is 12.0. The molecule has 1 aromatic heterocycles. The second-order valence-corrected chi connectivity index (χ2v) is 4.89. The molecule has 98 valence electrons. The van der Waals surface area contributed by atoms with E-state index in [1.165, 1.54) is 5.56 Å². The molecule has 5 nitrogen and oxygen atoms in total. The van der Waals surface area contributed by atoms with Crippen molar-refractivity contribution in [1.82, 2.24) is 15.5 Å². The summed E-state index contributed by atoms with van der Waals surface area (Å²) in [5.41, 5.74) is 7.73. The van der Waals surface area contributed by atoms with E-state index in [4.69, 9.17) is 5.73 Å². The van der Waals surface area contributed by atoms with Crippen LogP contribution < -0.4 is 11.1 Å². The Morgan fingerprint density at radius 3 is 2.89 bits per heavy atom. The molecule has 2 aromatic rings. The number of nitrogens with one attached hydrogen (secondary N) is 2. The highest BCUT2D eigenvalue weighted by Gasteiger charge is 2.43. The summed E-state index contributed by atoms with van der Waals surface area (Å²) in [5, 5.41) is 9.38. The Morgan fingerprint density at radius 1 is 1.42 bits per heavy atom. The van der Waals surface area contributed by atoms with Crippen LogP contribution in [0.1, 0.15) is 23.5 Å². The summed E-state index contributed by atoms with van der Waals surface area (Å²) in [7, 11) is 0. The van der Waals surface area contributed by atoms with Crippen LogP contribution >= 0.6 is 0 Å². The molecular weight excluding hydrogens is 240 g/mol. The van der Waals surface area contributed by atoms with Crippen molar-refractivity contribution in [3.05, 3.63) is 47.7 Å². The van der Waals surface area contributed by atoms with E-state index < -0.39 is 0 Å². The van der Waals surface area contributed by atoms with Gasteiger partial charge in [-0.3, -0.25) is 9.89 Å². The molecule has 0 radical (unpaired) electrons. The lowest BCUT2D eigenvalue weighted by Crippen LogP contribution is -2.25. The van der Waals surface area contributed by atoms with Crippen molar-refractivity contribution in [3.8, 4) is 0 Å². The van der Waals surface area contributed by atoms with Gasteiger partial charge in [-0.2, -0.15) is 5.10 Å². The Hall–Kier alpha value is -2.30. The molecule has 1 aliphatic carbocycles. The van der Waals surface area contributed by atoms with Crippen LogP contribution in [0.2, 0.25) is 0 Å². The van der Waals surface area contributed by atoms with E-state index in [0.717, 1.165) is 12.0 Å². The van der Waals surface area contributed by atoms with Crippen molar-refractivity contribution in [2.45, 2.75) is 18.9 Å². The van der Waals surface area contributed by atoms with Crippen LogP contribution in [0.3, 0.4) is 0 Å².